The van der Waals surface area contributed by atoms with Gasteiger partial charge in [-0.3, -0.25) is 0 Å². The molecule has 1 aromatic carbocycles. The molecule has 112 valence electrons. The molecule has 2 rings (SSSR count). The summed E-state index contributed by atoms with van der Waals surface area (Å²) in [7, 11) is 0. The average molecular weight is 311 g/mol. The van der Waals surface area contributed by atoms with Crippen molar-refractivity contribution in [2.24, 2.45) is 0 Å². The fraction of sp³-hybridized carbons (Fsp3) is 0.267. The van der Waals surface area contributed by atoms with Crippen molar-refractivity contribution < 1.29 is 18.7 Å². The van der Waals surface area contributed by atoms with Gasteiger partial charge in [0.15, 0.2) is 11.6 Å². The van der Waals surface area contributed by atoms with Gasteiger partial charge in [0, 0.05) is 10.9 Å². The Morgan fingerprint density at radius 1 is 1.29 bits per heavy atom. The minimum atomic E-state index is -1.48. The van der Waals surface area contributed by atoms with Crippen molar-refractivity contribution in [1.29, 1.82) is 0 Å². The van der Waals surface area contributed by atoms with Gasteiger partial charge < -0.3 is 10.0 Å². The van der Waals surface area contributed by atoms with Crippen LogP contribution in [0.2, 0.25) is 0 Å². The van der Waals surface area contributed by atoms with Crippen LogP contribution in [0.5, 0.6) is 0 Å². The lowest BCUT2D eigenvalue weighted by atomic mass is 10.1. The zero-order valence-electron chi connectivity index (χ0n) is 11.6. The number of halogens is 2. The number of carbonyl (C=O) groups is 1. The summed E-state index contributed by atoms with van der Waals surface area (Å²) in [6, 6.07) is 6.16. The number of rotatable bonds is 5. The largest absolute Gasteiger partial charge is 0.478 e. The van der Waals surface area contributed by atoms with E-state index in [9.17, 15) is 13.6 Å². The molecule has 0 bridgehead atoms. The molecule has 1 heterocycles. The molecular weight excluding hydrogens is 296 g/mol. The number of anilines is 1. The van der Waals surface area contributed by atoms with Gasteiger partial charge in [-0.1, -0.05) is 6.07 Å². The molecular formula is C15H15F2NO2S. The van der Waals surface area contributed by atoms with Crippen molar-refractivity contribution in [1.82, 2.24) is 0 Å². The normalized spacial score (nSPS) is 10.9. The molecule has 1 aromatic heterocycles. The molecule has 6 heteroatoms. The van der Waals surface area contributed by atoms with Crippen LogP contribution in [-0.4, -0.2) is 17.1 Å². The highest BCUT2D eigenvalue weighted by atomic mass is 32.1. The second-order valence-electron chi connectivity index (χ2n) is 4.87. The van der Waals surface area contributed by atoms with Gasteiger partial charge in [0.25, 0.3) is 0 Å². The second kappa shape index (κ2) is 6.22. The van der Waals surface area contributed by atoms with Crippen LogP contribution in [0.25, 0.3) is 0 Å². The number of nitrogens with zero attached hydrogens (tertiary/aromatic N) is 1. The van der Waals surface area contributed by atoms with E-state index in [1.165, 1.54) is 17.4 Å². The lowest BCUT2D eigenvalue weighted by Gasteiger charge is -2.29. The molecule has 0 unspecified atom stereocenters. The SMILES string of the molecule is CC(C)N(Cc1cccs1)c1ccc(C(=O)O)c(F)c1F. The molecule has 0 aliphatic carbocycles. The highest BCUT2D eigenvalue weighted by Gasteiger charge is 2.22. The maximum atomic E-state index is 14.2. The summed E-state index contributed by atoms with van der Waals surface area (Å²) in [4.78, 5) is 13.6. The van der Waals surface area contributed by atoms with E-state index in [4.69, 9.17) is 5.11 Å². The van der Waals surface area contributed by atoms with E-state index < -0.39 is 23.2 Å². The van der Waals surface area contributed by atoms with E-state index in [0.717, 1.165) is 10.9 Å². The molecule has 0 saturated heterocycles. The van der Waals surface area contributed by atoms with Gasteiger partial charge in [0.1, 0.15) is 0 Å². The van der Waals surface area contributed by atoms with Gasteiger partial charge in [-0.2, -0.15) is 0 Å². The number of thiophene rings is 1. The summed E-state index contributed by atoms with van der Waals surface area (Å²) in [5.41, 5.74) is -0.586. The third-order valence-electron chi connectivity index (χ3n) is 3.13. The lowest BCUT2D eigenvalue weighted by molar-refractivity contribution is 0.0690. The predicted molar refractivity (Wildman–Crippen MR) is 79.0 cm³/mol. The van der Waals surface area contributed by atoms with Gasteiger partial charge >= 0.3 is 5.97 Å². The zero-order chi connectivity index (χ0) is 15.6. The summed E-state index contributed by atoms with van der Waals surface area (Å²) in [5.74, 6) is -3.93. The topological polar surface area (TPSA) is 40.5 Å². The fourth-order valence-corrected chi connectivity index (χ4v) is 2.75. The molecule has 0 atom stereocenters. The van der Waals surface area contributed by atoms with E-state index in [1.807, 2.05) is 31.4 Å². The summed E-state index contributed by atoms with van der Waals surface area (Å²) in [5, 5.41) is 10.7. The second-order valence-corrected chi connectivity index (χ2v) is 5.90. The van der Waals surface area contributed by atoms with Crippen molar-refractivity contribution in [3.05, 3.63) is 51.7 Å². The molecule has 1 N–H and O–H groups in total. The summed E-state index contributed by atoms with van der Waals surface area (Å²) in [6.45, 7) is 4.18. The highest BCUT2D eigenvalue weighted by Crippen LogP contribution is 2.28. The van der Waals surface area contributed by atoms with Crippen LogP contribution in [-0.2, 0) is 6.54 Å². The van der Waals surface area contributed by atoms with Crippen LogP contribution in [0.1, 0.15) is 29.1 Å². The average Bonchev–Trinajstić information content (AvgIpc) is 2.92. The fourth-order valence-electron chi connectivity index (χ4n) is 2.04. The van der Waals surface area contributed by atoms with E-state index in [2.05, 4.69) is 0 Å². The molecule has 0 fully saturated rings. The summed E-state index contributed by atoms with van der Waals surface area (Å²) < 4.78 is 28.0. The number of hydrogen-bond donors (Lipinski definition) is 1. The van der Waals surface area contributed by atoms with Crippen LogP contribution in [0.4, 0.5) is 14.5 Å². The Balaban J connectivity index is 2.41. The van der Waals surface area contributed by atoms with Gasteiger partial charge in [-0.05, 0) is 37.4 Å². The maximum Gasteiger partial charge on any atom is 0.338 e. The Bertz CT molecular complexity index is 641. The molecule has 0 saturated carbocycles. The van der Waals surface area contributed by atoms with Crippen molar-refractivity contribution in [2.45, 2.75) is 26.4 Å². The van der Waals surface area contributed by atoms with Gasteiger partial charge in [0.05, 0.1) is 17.8 Å². The van der Waals surface area contributed by atoms with E-state index in [0.29, 0.717) is 6.54 Å². The van der Waals surface area contributed by atoms with E-state index in [1.54, 1.807) is 4.90 Å². The molecule has 0 amide bonds. The first kappa shape index (κ1) is 15.4. The first-order valence-electron chi connectivity index (χ1n) is 6.42. The van der Waals surface area contributed by atoms with Crippen LogP contribution in [0.15, 0.2) is 29.6 Å². The number of hydrogen-bond acceptors (Lipinski definition) is 3. The smallest absolute Gasteiger partial charge is 0.338 e. The Kier molecular flexibility index (Phi) is 4.57. The van der Waals surface area contributed by atoms with Crippen molar-refractivity contribution in [3.63, 3.8) is 0 Å². The van der Waals surface area contributed by atoms with Gasteiger partial charge in [-0.25, -0.2) is 13.6 Å². The molecule has 2 aromatic rings. The number of carboxylic acids is 1. The van der Waals surface area contributed by atoms with Crippen LogP contribution in [0.3, 0.4) is 0 Å². The third-order valence-corrected chi connectivity index (χ3v) is 3.99. The van der Waals surface area contributed by atoms with Crippen LogP contribution in [0, 0.1) is 11.6 Å². The molecule has 0 spiro atoms. The number of benzene rings is 1. The van der Waals surface area contributed by atoms with Gasteiger partial charge in [-0.15, -0.1) is 11.3 Å². The minimum Gasteiger partial charge on any atom is -0.478 e. The lowest BCUT2D eigenvalue weighted by Crippen LogP contribution is -2.31. The summed E-state index contributed by atoms with van der Waals surface area (Å²) in [6.07, 6.45) is 0. The monoisotopic (exact) mass is 311 g/mol. The standard InChI is InChI=1S/C15H15F2NO2S/c1-9(2)18(8-10-4-3-7-21-10)12-6-5-11(15(19)20)13(16)14(12)17/h3-7,9H,8H2,1-2H3,(H,19,20). The zero-order valence-corrected chi connectivity index (χ0v) is 12.5. The molecule has 21 heavy (non-hydrogen) atoms. The Morgan fingerprint density at radius 3 is 2.52 bits per heavy atom. The van der Waals surface area contributed by atoms with E-state index >= 15 is 0 Å². The highest BCUT2D eigenvalue weighted by molar-refractivity contribution is 7.09. The Hall–Kier alpha value is -1.95. The Labute approximate surface area is 125 Å². The van der Waals surface area contributed by atoms with Crippen LogP contribution < -0.4 is 4.90 Å². The minimum absolute atomic E-state index is 0.0586. The van der Waals surface area contributed by atoms with E-state index in [-0.39, 0.29) is 11.7 Å². The van der Waals surface area contributed by atoms with Crippen molar-refractivity contribution in [3.8, 4) is 0 Å². The maximum absolute atomic E-state index is 14.2. The number of aromatic carboxylic acids is 1. The molecule has 0 aliphatic heterocycles. The van der Waals surface area contributed by atoms with Crippen molar-refractivity contribution >= 4 is 23.0 Å². The molecule has 3 nitrogen and oxygen atoms in total. The molecule has 0 radical (unpaired) electrons. The predicted octanol–water partition coefficient (Wildman–Crippen LogP) is 4.14. The molecule has 0 aliphatic rings. The third kappa shape index (κ3) is 3.21. The first-order valence-corrected chi connectivity index (χ1v) is 7.30. The number of carboxylic acid groups (broad SMARTS) is 1. The van der Waals surface area contributed by atoms with Gasteiger partial charge in [0.2, 0.25) is 0 Å². The van der Waals surface area contributed by atoms with Crippen LogP contribution >= 0.6 is 11.3 Å². The first-order chi connectivity index (χ1) is 9.91. The van der Waals surface area contributed by atoms with Crippen molar-refractivity contribution in [2.75, 3.05) is 4.90 Å². The quantitative estimate of drug-likeness (QED) is 0.902. The summed E-state index contributed by atoms with van der Waals surface area (Å²) >= 11 is 1.53. The Morgan fingerprint density at radius 2 is 2.00 bits per heavy atom.